The maximum absolute atomic E-state index is 12.1. The molecule has 0 radical (unpaired) electrons. The van der Waals surface area contributed by atoms with Gasteiger partial charge in [-0.3, -0.25) is 9.59 Å². The fraction of sp³-hybridized carbons (Fsp3) is 0.500. The van der Waals surface area contributed by atoms with Gasteiger partial charge in [-0.05, 0) is 45.4 Å². The number of para-hydroxylation sites is 1. The molecule has 0 saturated heterocycles. The smallest absolute Gasteiger partial charge is 0.299 e. The van der Waals surface area contributed by atoms with Crippen LogP contribution in [0.15, 0.2) is 24.3 Å². The largest absolute Gasteiger partial charge is 0.312 e. The first-order valence-electron chi connectivity index (χ1n) is 7.00. The quantitative estimate of drug-likeness (QED) is 0.857. The van der Waals surface area contributed by atoms with Gasteiger partial charge in [-0.1, -0.05) is 19.1 Å². The van der Waals surface area contributed by atoms with Gasteiger partial charge in [0.15, 0.2) is 0 Å². The predicted molar refractivity (Wildman–Crippen MR) is 80.0 cm³/mol. The molecule has 0 aromatic heterocycles. The highest BCUT2D eigenvalue weighted by Gasteiger charge is 2.35. The second-order valence-corrected chi connectivity index (χ2v) is 6.50. The number of anilines is 1. The summed E-state index contributed by atoms with van der Waals surface area (Å²) >= 11 is 0. The zero-order chi connectivity index (χ0) is 14.9. The van der Waals surface area contributed by atoms with E-state index < -0.39 is 11.7 Å². The Morgan fingerprint density at radius 3 is 2.50 bits per heavy atom. The van der Waals surface area contributed by atoms with Crippen LogP contribution in [0.5, 0.6) is 0 Å². The summed E-state index contributed by atoms with van der Waals surface area (Å²) in [6.45, 7) is 9.78. The molecule has 0 aliphatic carbocycles. The lowest BCUT2D eigenvalue weighted by Crippen LogP contribution is -2.42. The Bertz CT molecular complexity index is 532. The zero-order valence-corrected chi connectivity index (χ0v) is 12.6. The molecule has 1 unspecified atom stereocenters. The number of benzene rings is 1. The molecule has 0 spiro atoms. The van der Waals surface area contributed by atoms with E-state index in [1.54, 1.807) is 17.0 Å². The highest BCUT2D eigenvalue weighted by atomic mass is 16.2. The number of fused-ring (bicyclic) bond motifs is 1. The molecule has 108 valence electrons. The lowest BCUT2D eigenvalue weighted by Gasteiger charge is -2.26. The van der Waals surface area contributed by atoms with Crippen LogP contribution in [0.3, 0.4) is 0 Å². The van der Waals surface area contributed by atoms with Crippen molar-refractivity contribution in [1.82, 2.24) is 5.32 Å². The molecule has 2 rings (SSSR count). The summed E-state index contributed by atoms with van der Waals surface area (Å²) < 4.78 is 0. The fourth-order valence-corrected chi connectivity index (χ4v) is 2.29. The van der Waals surface area contributed by atoms with Crippen molar-refractivity contribution in [3.8, 4) is 0 Å². The van der Waals surface area contributed by atoms with Crippen LogP contribution in [0.2, 0.25) is 0 Å². The molecule has 1 aromatic carbocycles. The summed E-state index contributed by atoms with van der Waals surface area (Å²) in [5.74, 6) is -0.525. The van der Waals surface area contributed by atoms with Crippen LogP contribution in [-0.2, 0) is 4.79 Å². The minimum atomic E-state index is -0.409. The van der Waals surface area contributed by atoms with Crippen LogP contribution in [0.1, 0.15) is 38.1 Å². The number of nitrogens with zero attached hydrogens (tertiary/aromatic N) is 1. The summed E-state index contributed by atoms with van der Waals surface area (Å²) in [6, 6.07) is 7.20. The van der Waals surface area contributed by atoms with Crippen LogP contribution < -0.4 is 10.2 Å². The van der Waals surface area contributed by atoms with Crippen LogP contribution >= 0.6 is 0 Å². The number of carbonyl (C=O) groups is 2. The normalized spacial score (nSPS) is 16.5. The third-order valence-electron chi connectivity index (χ3n) is 3.35. The van der Waals surface area contributed by atoms with Crippen molar-refractivity contribution < 1.29 is 9.59 Å². The fourth-order valence-electron chi connectivity index (χ4n) is 2.29. The second-order valence-electron chi connectivity index (χ2n) is 6.50. The van der Waals surface area contributed by atoms with Gasteiger partial charge in [-0.15, -0.1) is 0 Å². The number of nitrogens with one attached hydrogen (secondary N) is 1. The molecule has 1 heterocycles. The first-order valence-corrected chi connectivity index (χ1v) is 7.00. The third-order valence-corrected chi connectivity index (χ3v) is 3.35. The number of Topliss-reactive ketones (excluding diaryl/α,β-unsaturated/α-hetero) is 1. The number of hydrogen-bond acceptors (Lipinski definition) is 3. The summed E-state index contributed by atoms with van der Waals surface area (Å²) in [4.78, 5) is 25.6. The van der Waals surface area contributed by atoms with Gasteiger partial charge in [-0.2, -0.15) is 0 Å². The van der Waals surface area contributed by atoms with E-state index in [1.807, 2.05) is 12.1 Å². The summed E-state index contributed by atoms with van der Waals surface area (Å²) in [7, 11) is 0. The molecule has 1 aromatic rings. The van der Waals surface area contributed by atoms with E-state index in [-0.39, 0.29) is 11.5 Å². The van der Waals surface area contributed by atoms with Gasteiger partial charge in [-0.25, -0.2) is 0 Å². The van der Waals surface area contributed by atoms with Crippen LogP contribution in [0.4, 0.5) is 5.69 Å². The Labute approximate surface area is 120 Å². The molecule has 1 N–H and O–H groups in total. The molecule has 1 aliphatic heterocycles. The first kappa shape index (κ1) is 14.7. The number of amides is 1. The molecule has 0 fully saturated rings. The number of hydrogen-bond donors (Lipinski definition) is 1. The van der Waals surface area contributed by atoms with Gasteiger partial charge >= 0.3 is 0 Å². The van der Waals surface area contributed by atoms with E-state index in [0.717, 1.165) is 12.2 Å². The van der Waals surface area contributed by atoms with Gasteiger partial charge in [0.2, 0.25) is 0 Å². The van der Waals surface area contributed by atoms with Gasteiger partial charge < -0.3 is 10.2 Å². The monoisotopic (exact) mass is 274 g/mol. The van der Waals surface area contributed by atoms with Gasteiger partial charge in [0, 0.05) is 12.1 Å². The topological polar surface area (TPSA) is 49.4 Å². The van der Waals surface area contributed by atoms with E-state index in [9.17, 15) is 9.59 Å². The maximum Gasteiger partial charge on any atom is 0.299 e. The van der Waals surface area contributed by atoms with Gasteiger partial charge in [0.05, 0.1) is 11.3 Å². The number of rotatable bonds is 4. The Hall–Kier alpha value is -1.68. The lowest BCUT2D eigenvalue weighted by molar-refractivity contribution is -0.114. The Morgan fingerprint density at radius 2 is 1.85 bits per heavy atom. The molecule has 4 nitrogen and oxygen atoms in total. The van der Waals surface area contributed by atoms with Crippen LogP contribution in [-0.4, -0.2) is 30.3 Å². The van der Waals surface area contributed by atoms with Crippen molar-refractivity contribution in [1.29, 1.82) is 0 Å². The van der Waals surface area contributed by atoms with Crippen molar-refractivity contribution in [2.24, 2.45) is 5.92 Å². The Kier molecular flexibility index (Phi) is 3.95. The molecule has 20 heavy (non-hydrogen) atoms. The van der Waals surface area contributed by atoms with Crippen molar-refractivity contribution >= 4 is 17.4 Å². The van der Waals surface area contributed by atoms with Crippen molar-refractivity contribution in [3.05, 3.63) is 29.8 Å². The van der Waals surface area contributed by atoms with E-state index in [4.69, 9.17) is 0 Å². The van der Waals surface area contributed by atoms with Gasteiger partial charge in [0.1, 0.15) is 0 Å². The minimum absolute atomic E-state index is 0.0526. The van der Waals surface area contributed by atoms with E-state index >= 15 is 0 Å². The highest BCUT2D eigenvalue weighted by molar-refractivity contribution is 6.52. The van der Waals surface area contributed by atoms with Crippen molar-refractivity contribution in [2.75, 3.05) is 18.0 Å². The average Bonchev–Trinajstić information content (AvgIpc) is 2.62. The molecule has 1 aliphatic rings. The predicted octanol–water partition coefficient (Wildman–Crippen LogP) is 2.24. The summed E-state index contributed by atoms with van der Waals surface area (Å²) in [5.41, 5.74) is 1.32. The molecule has 1 amide bonds. The Morgan fingerprint density at radius 1 is 1.20 bits per heavy atom. The average molecular weight is 274 g/mol. The van der Waals surface area contributed by atoms with Crippen molar-refractivity contribution in [3.63, 3.8) is 0 Å². The van der Waals surface area contributed by atoms with Crippen molar-refractivity contribution in [2.45, 2.75) is 33.2 Å². The minimum Gasteiger partial charge on any atom is -0.312 e. The summed E-state index contributed by atoms with van der Waals surface area (Å²) in [6.07, 6.45) is 0. The standard InChI is InChI=1S/C16H22N2O2/c1-11(9-17-16(2,3)4)10-18-13-8-6-5-7-12(13)14(19)15(18)20/h5-8,11,17H,9-10H2,1-4H3. The molecule has 1 atom stereocenters. The molecule has 0 saturated carbocycles. The Balaban J connectivity index is 2.07. The van der Waals surface area contributed by atoms with Crippen LogP contribution in [0, 0.1) is 5.92 Å². The lowest BCUT2D eigenvalue weighted by atomic mass is 10.1. The highest BCUT2D eigenvalue weighted by Crippen LogP contribution is 2.29. The maximum atomic E-state index is 12.1. The molecular weight excluding hydrogens is 252 g/mol. The SMILES string of the molecule is CC(CNC(C)(C)C)CN1C(=O)C(=O)c2ccccc21. The van der Waals surface area contributed by atoms with E-state index in [1.165, 1.54) is 0 Å². The third kappa shape index (κ3) is 3.07. The number of ketones is 1. The van der Waals surface area contributed by atoms with Crippen LogP contribution in [0.25, 0.3) is 0 Å². The molecule has 4 heteroatoms. The molecule has 0 bridgehead atoms. The first-order chi connectivity index (χ1) is 9.29. The zero-order valence-electron chi connectivity index (χ0n) is 12.6. The van der Waals surface area contributed by atoms with Gasteiger partial charge in [0.25, 0.3) is 11.7 Å². The number of carbonyl (C=O) groups excluding carboxylic acids is 2. The second kappa shape index (κ2) is 5.37. The van der Waals surface area contributed by atoms with E-state index in [0.29, 0.717) is 12.1 Å². The summed E-state index contributed by atoms with van der Waals surface area (Å²) in [5, 5.41) is 3.42. The van der Waals surface area contributed by atoms with E-state index in [2.05, 4.69) is 33.0 Å². The molecular formula is C16H22N2O2.